The van der Waals surface area contributed by atoms with Gasteiger partial charge in [-0.05, 0) is 44.4 Å². The number of carbonyl (C=O) groups excluding carboxylic acids is 2. The summed E-state index contributed by atoms with van der Waals surface area (Å²) in [5.74, 6) is 1.94. The number of carbonyl (C=O) groups is 2. The zero-order valence-corrected chi connectivity index (χ0v) is 17.1. The van der Waals surface area contributed by atoms with Crippen LogP contribution in [0.25, 0.3) is 0 Å². The Bertz CT molecular complexity index is 817. The molecule has 0 unspecified atom stereocenters. The zero-order valence-electron chi connectivity index (χ0n) is 16.3. The fraction of sp³-hybridized carbons (Fsp3) is 0.450. The van der Waals surface area contributed by atoms with E-state index in [0.717, 1.165) is 24.2 Å². The largest absolute Gasteiger partial charge is 0.497 e. The standard InChI is InChI=1S/C20H25N3O4S/c1-13-10-18(22-27-13)21-20(25)14(2)28-12-19(24)23(16-6-7-16)11-15-4-8-17(26-3)9-5-15/h4-5,8-10,14,16H,6-7,11-12H2,1-3H3,(H,21,22,25)/t14-/m1/s1. The first-order valence-corrected chi connectivity index (χ1v) is 10.3. The number of hydrogen-bond acceptors (Lipinski definition) is 6. The molecule has 2 amide bonds. The molecule has 0 radical (unpaired) electrons. The van der Waals surface area contributed by atoms with E-state index in [0.29, 0.717) is 24.2 Å². The number of nitrogens with one attached hydrogen (secondary N) is 1. The number of amides is 2. The average Bonchev–Trinajstić information content (AvgIpc) is 3.46. The minimum absolute atomic E-state index is 0.0558. The SMILES string of the molecule is COc1ccc(CN(C(=O)CS[C@H](C)C(=O)Nc2cc(C)on2)C2CC2)cc1. The summed E-state index contributed by atoms with van der Waals surface area (Å²) in [6.45, 7) is 4.12. The number of methoxy groups -OCH3 is 1. The van der Waals surface area contributed by atoms with Gasteiger partial charge < -0.3 is 19.5 Å². The molecule has 0 saturated heterocycles. The molecule has 3 rings (SSSR count). The van der Waals surface area contributed by atoms with Crippen molar-refractivity contribution < 1.29 is 18.8 Å². The average molecular weight is 404 g/mol. The highest BCUT2D eigenvalue weighted by atomic mass is 32.2. The molecule has 0 bridgehead atoms. The lowest BCUT2D eigenvalue weighted by Crippen LogP contribution is -2.35. The van der Waals surface area contributed by atoms with E-state index in [-0.39, 0.29) is 22.8 Å². The van der Waals surface area contributed by atoms with Crippen molar-refractivity contribution in [1.82, 2.24) is 10.1 Å². The van der Waals surface area contributed by atoms with Gasteiger partial charge in [0, 0.05) is 18.7 Å². The molecule has 1 saturated carbocycles. The number of thioether (sulfide) groups is 1. The van der Waals surface area contributed by atoms with E-state index in [1.165, 1.54) is 11.8 Å². The van der Waals surface area contributed by atoms with Crippen LogP contribution >= 0.6 is 11.8 Å². The van der Waals surface area contributed by atoms with Gasteiger partial charge in [0.1, 0.15) is 11.5 Å². The normalized spacial score (nSPS) is 14.4. The van der Waals surface area contributed by atoms with Crippen LogP contribution in [0.2, 0.25) is 0 Å². The van der Waals surface area contributed by atoms with Gasteiger partial charge in [0.25, 0.3) is 0 Å². The summed E-state index contributed by atoms with van der Waals surface area (Å²) in [4.78, 5) is 26.9. The Morgan fingerprint density at radius 1 is 1.36 bits per heavy atom. The van der Waals surface area contributed by atoms with Crippen LogP contribution in [0, 0.1) is 6.92 Å². The Morgan fingerprint density at radius 2 is 2.07 bits per heavy atom. The van der Waals surface area contributed by atoms with E-state index in [4.69, 9.17) is 9.26 Å². The van der Waals surface area contributed by atoms with Gasteiger partial charge in [-0.3, -0.25) is 9.59 Å². The molecule has 1 N–H and O–H groups in total. The minimum Gasteiger partial charge on any atom is -0.497 e. The lowest BCUT2D eigenvalue weighted by Gasteiger charge is -2.23. The molecule has 28 heavy (non-hydrogen) atoms. The molecule has 1 aliphatic rings. The maximum Gasteiger partial charge on any atom is 0.238 e. The van der Waals surface area contributed by atoms with E-state index >= 15 is 0 Å². The van der Waals surface area contributed by atoms with Crippen LogP contribution in [-0.2, 0) is 16.1 Å². The summed E-state index contributed by atoms with van der Waals surface area (Å²) in [6, 6.07) is 9.71. The van der Waals surface area contributed by atoms with E-state index < -0.39 is 0 Å². The predicted octanol–water partition coefficient (Wildman–Crippen LogP) is 3.24. The summed E-state index contributed by atoms with van der Waals surface area (Å²) in [5, 5.41) is 6.08. The van der Waals surface area contributed by atoms with Crippen LogP contribution in [0.5, 0.6) is 5.75 Å². The molecule has 1 aliphatic carbocycles. The number of nitrogens with zero attached hydrogens (tertiary/aromatic N) is 2. The van der Waals surface area contributed by atoms with Crippen molar-refractivity contribution in [1.29, 1.82) is 0 Å². The van der Waals surface area contributed by atoms with Crippen LogP contribution in [0.4, 0.5) is 5.82 Å². The van der Waals surface area contributed by atoms with Gasteiger partial charge in [-0.1, -0.05) is 17.3 Å². The second kappa shape index (κ2) is 9.14. The van der Waals surface area contributed by atoms with Gasteiger partial charge in [0.05, 0.1) is 18.1 Å². The Hall–Kier alpha value is -2.48. The van der Waals surface area contributed by atoms with Crippen molar-refractivity contribution in [3.05, 3.63) is 41.7 Å². The quantitative estimate of drug-likeness (QED) is 0.692. The van der Waals surface area contributed by atoms with E-state index in [1.54, 1.807) is 27.0 Å². The number of benzene rings is 1. The highest BCUT2D eigenvalue weighted by molar-refractivity contribution is 8.01. The number of hydrogen-bond donors (Lipinski definition) is 1. The monoisotopic (exact) mass is 403 g/mol. The summed E-state index contributed by atoms with van der Waals surface area (Å²) in [7, 11) is 1.63. The van der Waals surface area contributed by atoms with Crippen LogP contribution in [0.15, 0.2) is 34.9 Å². The van der Waals surface area contributed by atoms with E-state index in [9.17, 15) is 9.59 Å². The third-order valence-corrected chi connectivity index (χ3v) is 5.65. The molecule has 0 spiro atoms. The van der Waals surface area contributed by atoms with E-state index in [2.05, 4.69) is 10.5 Å². The molecule has 1 aromatic heterocycles. The molecular formula is C20H25N3O4S. The van der Waals surface area contributed by atoms with Crippen molar-refractivity contribution in [3.63, 3.8) is 0 Å². The third kappa shape index (κ3) is 5.51. The minimum atomic E-state index is -0.372. The number of ether oxygens (including phenoxy) is 1. The Morgan fingerprint density at radius 3 is 2.64 bits per heavy atom. The zero-order chi connectivity index (χ0) is 20.1. The lowest BCUT2D eigenvalue weighted by atomic mass is 10.2. The summed E-state index contributed by atoms with van der Waals surface area (Å²) in [6.07, 6.45) is 2.07. The Kier molecular flexibility index (Phi) is 6.61. The topological polar surface area (TPSA) is 84.7 Å². The highest BCUT2D eigenvalue weighted by Crippen LogP contribution is 2.29. The third-order valence-electron chi connectivity index (χ3n) is 4.53. The summed E-state index contributed by atoms with van der Waals surface area (Å²) < 4.78 is 10.1. The second-order valence-corrected chi connectivity index (χ2v) is 8.20. The van der Waals surface area contributed by atoms with Gasteiger partial charge in [-0.15, -0.1) is 11.8 Å². The van der Waals surface area contributed by atoms with E-state index in [1.807, 2.05) is 29.2 Å². The number of aryl methyl sites for hydroxylation is 1. The van der Waals surface area contributed by atoms with Gasteiger partial charge in [-0.25, -0.2) is 0 Å². The Labute approximate surface area is 168 Å². The van der Waals surface area contributed by atoms with Crippen LogP contribution < -0.4 is 10.1 Å². The second-order valence-electron chi connectivity index (χ2n) is 6.87. The van der Waals surface area contributed by atoms with Crippen molar-refractivity contribution in [2.24, 2.45) is 0 Å². The van der Waals surface area contributed by atoms with Gasteiger partial charge >= 0.3 is 0 Å². The van der Waals surface area contributed by atoms with Crippen molar-refractivity contribution in [3.8, 4) is 5.75 Å². The lowest BCUT2D eigenvalue weighted by molar-refractivity contribution is -0.129. The summed E-state index contributed by atoms with van der Waals surface area (Å²) in [5.41, 5.74) is 1.07. The van der Waals surface area contributed by atoms with Crippen molar-refractivity contribution >= 4 is 29.4 Å². The molecule has 0 aliphatic heterocycles. The molecule has 8 heteroatoms. The first kappa shape index (κ1) is 20.3. The van der Waals surface area contributed by atoms with Gasteiger partial charge in [0.2, 0.25) is 11.8 Å². The fourth-order valence-electron chi connectivity index (χ4n) is 2.74. The first-order valence-electron chi connectivity index (χ1n) is 9.24. The highest BCUT2D eigenvalue weighted by Gasteiger charge is 2.32. The Balaban J connectivity index is 1.51. The number of anilines is 1. The molecule has 1 fully saturated rings. The maximum absolute atomic E-state index is 12.8. The molecule has 150 valence electrons. The number of rotatable bonds is 9. The maximum atomic E-state index is 12.8. The smallest absolute Gasteiger partial charge is 0.238 e. The number of aromatic nitrogens is 1. The van der Waals surface area contributed by atoms with Crippen LogP contribution in [-0.4, -0.2) is 46.0 Å². The first-order chi connectivity index (χ1) is 13.5. The van der Waals surface area contributed by atoms with Crippen LogP contribution in [0.3, 0.4) is 0 Å². The predicted molar refractivity (Wildman–Crippen MR) is 108 cm³/mol. The molecule has 1 atom stereocenters. The van der Waals surface area contributed by atoms with Crippen LogP contribution in [0.1, 0.15) is 31.1 Å². The fourth-order valence-corrected chi connectivity index (χ4v) is 3.51. The molecule has 7 nitrogen and oxygen atoms in total. The van der Waals surface area contributed by atoms with Crippen molar-refractivity contribution in [2.45, 2.75) is 44.5 Å². The molecule has 2 aromatic rings. The molecule has 1 heterocycles. The molecular weight excluding hydrogens is 378 g/mol. The van der Waals surface area contributed by atoms with Gasteiger partial charge in [0.15, 0.2) is 5.82 Å². The summed E-state index contributed by atoms with van der Waals surface area (Å²) >= 11 is 1.33. The molecule has 1 aromatic carbocycles. The van der Waals surface area contributed by atoms with Crippen molar-refractivity contribution in [2.75, 3.05) is 18.2 Å². The van der Waals surface area contributed by atoms with Gasteiger partial charge in [-0.2, -0.15) is 0 Å².